The smallest absolute Gasteiger partial charge is 0.180 e. The SMILES string of the molecule is Cc1cccc2c1S(=O)(=O)CCCN2. The summed E-state index contributed by atoms with van der Waals surface area (Å²) in [6.45, 7) is 2.57. The van der Waals surface area contributed by atoms with Crippen molar-refractivity contribution in [2.45, 2.75) is 18.2 Å². The zero-order valence-electron chi connectivity index (χ0n) is 8.08. The molecule has 0 radical (unpaired) electrons. The Bertz CT molecular complexity index is 451. The van der Waals surface area contributed by atoms with Gasteiger partial charge in [0.05, 0.1) is 16.3 Å². The van der Waals surface area contributed by atoms with E-state index in [0.717, 1.165) is 17.8 Å². The molecule has 0 atom stereocenters. The lowest BCUT2D eigenvalue weighted by Gasteiger charge is -2.09. The second kappa shape index (κ2) is 3.28. The first kappa shape index (κ1) is 9.52. The summed E-state index contributed by atoms with van der Waals surface area (Å²) in [6, 6.07) is 5.54. The minimum atomic E-state index is -3.07. The summed E-state index contributed by atoms with van der Waals surface area (Å²) in [7, 11) is -3.07. The van der Waals surface area contributed by atoms with E-state index in [1.54, 1.807) is 0 Å². The molecule has 0 bridgehead atoms. The van der Waals surface area contributed by atoms with Crippen molar-refractivity contribution in [2.75, 3.05) is 17.6 Å². The fourth-order valence-electron chi connectivity index (χ4n) is 1.79. The molecule has 0 saturated carbocycles. The van der Waals surface area contributed by atoms with Gasteiger partial charge < -0.3 is 5.32 Å². The number of hydrogen-bond acceptors (Lipinski definition) is 3. The van der Waals surface area contributed by atoms with Crippen LogP contribution in [0.5, 0.6) is 0 Å². The third kappa shape index (κ3) is 1.50. The van der Waals surface area contributed by atoms with Gasteiger partial charge in [-0.05, 0) is 25.0 Å². The van der Waals surface area contributed by atoms with Crippen molar-refractivity contribution in [3.63, 3.8) is 0 Å². The van der Waals surface area contributed by atoms with Crippen LogP contribution < -0.4 is 5.32 Å². The summed E-state index contributed by atoms with van der Waals surface area (Å²) in [5.41, 5.74) is 1.58. The van der Waals surface area contributed by atoms with Gasteiger partial charge in [0.15, 0.2) is 9.84 Å². The zero-order valence-corrected chi connectivity index (χ0v) is 8.89. The Labute approximate surface area is 84.1 Å². The molecule has 1 aliphatic rings. The lowest BCUT2D eigenvalue weighted by Crippen LogP contribution is -2.06. The largest absolute Gasteiger partial charge is 0.384 e. The predicted molar refractivity (Wildman–Crippen MR) is 56.3 cm³/mol. The quantitative estimate of drug-likeness (QED) is 0.708. The van der Waals surface area contributed by atoms with Gasteiger partial charge in [0.1, 0.15) is 0 Å². The summed E-state index contributed by atoms with van der Waals surface area (Å²) in [4.78, 5) is 0.484. The minimum absolute atomic E-state index is 0.248. The van der Waals surface area contributed by atoms with E-state index >= 15 is 0 Å². The molecule has 0 amide bonds. The molecule has 4 heteroatoms. The highest BCUT2D eigenvalue weighted by molar-refractivity contribution is 7.91. The van der Waals surface area contributed by atoms with E-state index in [2.05, 4.69) is 5.32 Å². The van der Waals surface area contributed by atoms with Crippen LogP contribution in [-0.2, 0) is 9.84 Å². The first-order valence-corrected chi connectivity index (χ1v) is 6.33. The summed E-state index contributed by atoms with van der Waals surface area (Å²) in [6.07, 6.45) is 0.677. The average Bonchev–Trinajstić information content (AvgIpc) is 2.25. The van der Waals surface area contributed by atoms with Gasteiger partial charge in [-0.25, -0.2) is 8.42 Å². The molecule has 0 unspecified atom stereocenters. The van der Waals surface area contributed by atoms with E-state index in [-0.39, 0.29) is 5.75 Å². The van der Waals surface area contributed by atoms with Crippen molar-refractivity contribution < 1.29 is 8.42 Å². The van der Waals surface area contributed by atoms with Crippen LogP contribution in [0, 0.1) is 6.92 Å². The second-order valence-electron chi connectivity index (χ2n) is 3.55. The Balaban J connectivity index is 2.70. The van der Waals surface area contributed by atoms with Gasteiger partial charge in [0.25, 0.3) is 0 Å². The van der Waals surface area contributed by atoms with Gasteiger partial charge in [0.2, 0.25) is 0 Å². The van der Waals surface area contributed by atoms with E-state index in [1.807, 2.05) is 25.1 Å². The molecule has 0 fully saturated rings. The molecule has 0 spiro atoms. The monoisotopic (exact) mass is 211 g/mol. The fourth-order valence-corrected chi connectivity index (χ4v) is 3.55. The first-order chi connectivity index (χ1) is 6.61. The number of hydrogen-bond donors (Lipinski definition) is 1. The number of benzene rings is 1. The second-order valence-corrected chi connectivity index (χ2v) is 5.60. The van der Waals surface area contributed by atoms with Gasteiger partial charge >= 0.3 is 0 Å². The van der Waals surface area contributed by atoms with E-state index in [0.29, 0.717) is 11.3 Å². The van der Waals surface area contributed by atoms with Crippen molar-refractivity contribution in [3.05, 3.63) is 23.8 Å². The highest BCUT2D eigenvalue weighted by Gasteiger charge is 2.22. The summed E-state index contributed by atoms with van der Waals surface area (Å²) in [5.74, 6) is 0.248. The third-order valence-corrected chi connectivity index (χ3v) is 4.42. The van der Waals surface area contributed by atoms with Crippen molar-refractivity contribution in [2.24, 2.45) is 0 Å². The molecule has 0 aliphatic carbocycles. The van der Waals surface area contributed by atoms with Crippen molar-refractivity contribution >= 4 is 15.5 Å². The minimum Gasteiger partial charge on any atom is -0.384 e. The summed E-state index contributed by atoms with van der Waals surface area (Å²) in [5, 5.41) is 3.14. The molecular weight excluding hydrogens is 198 g/mol. The lowest BCUT2D eigenvalue weighted by atomic mass is 10.2. The molecule has 1 aromatic rings. The molecule has 0 aromatic heterocycles. The molecule has 1 aromatic carbocycles. The van der Waals surface area contributed by atoms with Crippen LogP contribution in [-0.4, -0.2) is 20.7 Å². The number of sulfone groups is 1. The summed E-state index contributed by atoms with van der Waals surface area (Å²) >= 11 is 0. The van der Waals surface area contributed by atoms with Gasteiger partial charge in [-0.2, -0.15) is 0 Å². The van der Waals surface area contributed by atoms with Crippen molar-refractivity contribution in [1.29, 1.82) is 0 Å². The predicted octanol–water partition coefficient (Wildman–Crippen LogP) is 1.58. The maximum atomic E-state index is 11.9. The number of fused-ring (bicyclic) bond motifs is 1. The maximum Gasteiger partial charge on any atom is 0.180 e. The van der Waals surface area contributed by atoms with Crippen molar-refractivity contribution in [3.8, 4) is 0 Å². The van der Waals surface area contributed by atoms with E-state index in [4.69, 9.17) is 0 Å². The van der Waals surface area contributed by atoms with Crippen LogP contribution in [0.1, 0.15) is 12.0 Å². The van der Waals surface area contributed by atoms with E-state index in [1.165, 1.54) is 0 Å². The average molecular weight is 211 g/mol. The highest BCUT2D eigenvalue weighted by Crippen LogP contribution is 2.28. The first-order valence-electron chi connectivity index (χ1n) is 4.67. The van der Waals surface area contributed by atoms with Gasteiger partial charge in [-0.3, -0.25) is 0 Å². The Morgan fingerprint density at radius 2 is 2.14 bits per heavy atom. The number of anilines is 1. The molecule has 1 aliphatic heterocycles. The van der Waals surface area contributed by atoms with Gasteiger partial charge in [0, 0.05) is 6.54 Å². The Kier molecular flexibility index (Phi) is 2.23. The molecule has 3 nitrogen and oxygen atoms in total. The van der Waals surface area contributed by atoms with E-state index in [9.17, 15) is 8.42 Å². The van der Waals surface area contributed by atoms with Crippen molar-refractivity contribution in [1.82, 2.24) is 0 Å². The summed E-state index contributed by atoms with van der Waals surface area (Å²) < 4.78 is 23.7. The number of rotatable bonds is 0. The normalized spacial score (nSPS) is 19.2. The topological polar surface area (TPSA) is 46.2 Å². The van der Waals surface area contributed by atoms with Crippen LogP contribution >= 0.6 is 0 Å². The third-order valence-electron chi connectivity index (χ3n) is 2.43. The molecule has 1 N–H and O–H groups in total. The zero-order chi connectivity index (χ0) is 10.2. The Morgan fingerprint density at radius 3 is 2.93 bits per heavy atom. The number of nitrogens with one attached hydrogen (secondary N) is 1. The fraction of sp³-hybridized carbons (Fsp3) is 0.400. The number of aryl methyl sites for hydroxylation is 1. The standard InChI is InChI=1S/C10H13NO2S/c1-8-4-2-5-9-10(8)14(12,13)7-3-6-11-9/h2,4-5,11H,3,6-7H2,1H3. The van der Waals surface area contributed by atoms with Gasteiger partial charge in [-0.15, -0.1) is 0 Å². The van der Waals surface area contributed by atoms with Crippen LogP contribution in [0.25, 0.3) is 0 Å². The van der Waals surface area contributed by atoms with Crippen LogP contribution in [0.2, 0.25) is 0 Å². The highest BCUT2D eigenvalue weighted by atomic mass is 32.2. The Morgan fingerprint density at radius 1 is 1.36 bits per heavy atom. The molecular formula is C10H13NO2S. The van der Waals surface area contributed by atoms with Crippen LogP contribution in [0.3, 0.4) is 0 Å². The van der Waals surface area contributed by atoms with Crippen LogP contribution in [0.4, 0.5) is 5.69 Å². The molecule has 0 saturated heterocycles. The maximum absolute atomic E-state index is 11.9. The van der Waals surface area contributed by atoms with Crippen LogP contribution in [0.15, 0.2) is 23.1 Å². The molecule has 14 heavy (non-hydrogen) atoms. The van der Waals surface area contributed by atoms with E-state index < -0.39 is 9.84 Å². The molecule has 2 rings (SSSR count). The Hall–Kier alpha value is -1.03. The molecule has 76 valence electrons. The lowest BCUT2D eigenvalue weighted by molar-refractivity contribution is 0.595. The molecule has 1 heterocycles. The van der Waals surface area contributed by atoms with Gasteiger partial charge in [-0.1, -0.05) is 12.1 Å².